The highest BCUT2D eigenvalue weighted by Crippen LogP contribution is 2.39. The summed E-state index contributed by atoms with van der Waals surface area (Å²) in [6.07, 6.45) is 10.1. The van der Waals surface area contributed by atoms with Crippen molar-refractivity contribution >= 4 is 29.2 Å². The largest absolute Gasteiger partial charge is 0.416 e. The average molecular weight is 421 g/mol. The standard InChI is InChI=1S/C19H19N9O3/c1-28(2)19(30)31-18-14(7-22-10-24-18)27-17(29)15-16(25-12-5-20-9-21-6-12)23-8-13(26-15)11-3-4-11/h5-11H,3-4H2,1-2H3,(H,23,25)(H,27,29). The van der Waals surface area contributed by atoms with Gasteiger partial charge in [-0.25, -0.2) is 29.7 Å². The second kappa shape index (κ2) is 8.65. The molecule has 1 fully saturated rings. The molecule has 0 spiro atoms. The summed E-state index contributed by atoms with van der Waals surface area (Å²) in [5, 5.41) is 5.66. The zero-order valence-corrected chi connectivity index (χ0v) is 16.8. The molecule has 0 aliphatic heterocycles. The lowest BCUT2D eigenvalue weighted by atomic mass is 10.2. The molecule has 0 radical (unpaired) electrons. The van der Waals surface area contributed by atoms with E-state index in [0.29, 0.717) is 11.6 Å². The summed E-state index contributed by atoms with van der Waals surface area (Å²) >= 11 is 0. The van der Waals surface area contributed by atoms with Crippen LogP contribution >= 0.6 is 0 Å². The molecule has 158 valence electrons. The van der Waals surface area contributed by atoms with Gasteiger partial charge < -0.3 is 20.3 Å². The van der Waals surface area contributed by atoms with Gasteiger partial charge in [0.2, 0.25) is 0 Å². The fourth-order valence-electron chi connectivity index (χ4n) is 2.57. The predicted molar refractivity (Wildman–Crippen MR) is 109 cm³/mol. The fourth-order valence-corrected chi connectivity index (χ4v) is 2.57. The SMILES string of the molecule is CN(C)C(=O)Oc1ncncc1NC(=O)c1nc(C2CC2)cnc1Nc1cncnc1. The van der Waals surface area contributed by atoms with E-state index in [1.54, 1.807) is 18.6 Å². The van der Waals surface area contributed by atoms with Crippen molar-refractivity contribution in [3.63, 3.8) is 0 Å². The van der Waals surface area contributed by atoms with Crippen molar-refractivity contribution in [3.05, 3.63) is 48.8 Å². The molecule has 1 saturated carbocycles. The third-order valence-corrected chi connectivity index (χ3v) is 4.30. The van der Waals surface area contributed by atoms with Gasteiger partial charge in [0.25, 0.3) is 11.8 Å². The number of anilines is 3. The number of nitrogens with zero attached hydrogens (tertiary/aromatic N) is 7. The van der Waals surface area contributed by atoms with Gasteiger partial charge in [-0.3, -0.25) is 4.79 Å². The Balaban J connectivity index is 1.62. The Morgan fingerprint density at radius 3 is 2.48 bits per heavy atom. The zero-order valence-electron chi connectivity index (χ0n) is 16.8. The minimum atomic E-state index is -0.642. The van der Waals surface area contributed by atoms with Gasteiger partial charge >= 0.3 is 6.09 Å². The molecule has 0 unspecified atom stereocenters. The van der Waals surface area contributed by atoms with Gasteiger partial charge in [-0.15, -0.1) is 0 Å². The van der Waals surface area contributed by atoms with Crippen LogP contribution in [0.3, 0.4) is 0 Å². The van der Waals surface area contributed by atoms with Crippen LogP contribution in [0.25, 0.3) is 0 Å². The van der Waals surface area contributed by atoms with Crippen molar-refractivity contribution in [2.24, 2.45) is 0 Å². The molecule has 2 amide bonds. The second-order valence-electron chi connectivity index (χ2n) is 6.98. The maximum Gasteiger partial charge on any atom is 0.416 e. The smallest absolute Gasteiger partial charge is 0.389 e. The van der Waals surface area contributed by atoms with E-state index >= 15 is 0 Å². The van der Waals surface area contributed by atoms with E-state index in [9.17, 15) is 9.59 Å². The van der Waals surface area contributed by atoms with Crippen LogP contribution in [0, 0.1) is 0 Å². The van der Waals surface area contributed by atoms with Crippen molar-refractivity contribution in [2.45, 2.75) is 18.8 Å². The Labute approximate surface area is 177 Å². The molecule has 3 heterocycles. The summed E-state index contributed by atoms with van der Waals surface area (Å²) in [6.45, 7) is 0. The number of aromatic nitrogens is 6. The van der Waals surface area contributed by atoms with Crippen LogP contribution in [0.2, 0.25) is 0 Å². The van der Waals surface area contributed by atoms with E-state index in [1.165, 1.54) is 37.8 Å². The zero-order chi connectivity index (χ0) is 21.8. The van der Waals surface area contributed by atoms with Gasteiger partial charge in [0.05, 0.1) is 36.2 Å². The van der Waals surface area contributed by atoms with E-state index in [-0.39, 0.29) is 23.1 Å². The third-order valence-electron chi connectivity index (χ3n) is 4.30. The topological polar surface area (TPSA) is 148 Å². The van der Waals surface area contributed by atoms with E-state index in [1.807, 2.05) is 0 Å². The third kappa shape index (κ3) is 4.86. The minimum Gasteiger partial charge on any atom is -0.389 e. The predicted octanol–water partition coefficient (Wildman–Crippen LogP) is 1.99. The molecule has 4 rings (SSSR count). The van der Waals surface area contributed by atoms with Gasteiger partial charge in [0, 0.05) is 20.0 Å². The maximum absolute atomic E-state index is 13.1. The lowest BCUT2D eigenvalue weighted by Crippen LogP contribution is -2.26. The van der Waals surface area contributed by atoms with E-state index in [4.69, 9.17) is 4.74 Å². The molecule has 1 aliphatic carbocycles. The summed E-state index contributed by atoms with van der Waals surface area (Å²) in [5.74, 6) is -0.115. The summed E-state index contributed by atoms with van der Waals surface area (Å²) in [4.78, 5) is 50.8. The molecule has 31 heavy (non-hydrogen) atoms. The summed E-state index contributed by atoms with van der Waals surface area (Å²) in [6, 6.07) is 0. The summed E-state index contributed by atoms with van der Waals surface area (Å²) in [7, 11) is 3.07. The second-order valence-corrected chi connectivity index (χ2v) is 6.98. The number of carbonyl (C=O) groups is 2. The van der Waals surface area contributed by atoms with Crippen LogP contribution in [0.15, 0.2) is 37.4 Å². The highest BCUT2D eigenvalue weighted by atomic mass is 16.6. The summed E-state index contributed by atoms with van der Waals surface area (Å²) < 4.78 is 5.19. The number of ether oxygens (including phenoxy) is 1. The van der Waals surface area contributed by atoms with E-state index in [0.717, 1.165) is 18.5 Å². The molecule has 0 bridgehead atoms. The molecule has 3 aromatic rings. The van der Waals surface area contributed by atoms with Gasteiger partial charge in [0.15, 0.2) is 11.5 Å². The first-order chi connectivity index (χ1) is 15.0. The number of nitrogens with one attached hydrogen (secondary N) is 2. The highest BCUT2D eigenvalue weighted by Gasteiger charge is 2.28. The Kier molecular flexibility index (Phi) is 5.60. The van der Waals surface area contributed by atoms with Gasteiger partial charge in [0.1, 0.15) is 18.3 Å². The Morgan fingerprint density at radius 2 is 1.77 bits per heavy atom. The maximum atomic E-state index is 13.1. The fraction of sp³-hybridized carbons (Fsp3) is 0.263. The first-order valence-electron chi connectivity index (χ1n) is 9.40. The quantitative estimate of drug-likeness (QED) is 0.605. The molecule has 2 N–H and O–H groups in total. The summed E-state index contributed by atoms with van der Waals surface area (Å²) in [5.41, 5.74) is 1.48. The lowest BCUT2D eigenvalue weighted by molar-refractivity contribution is 0.102. The molecular weight excluding hydrogens is 402 g/mol. The van der Waals surface area contributed by atoms with Crippen LogP contribution in [-0.4, -0.2) is 60.9 Å². The number of carbonyl (C=O) groups excluding carboxylic acids is 2. The van der Waals surface area contributed by atoms with Gasteiger partial charge in [-0.05, 0) is 12.8 Å². The molecule has 0 aromatic carbocycles. The number of hydrogen-bond donors (Lipinski definition) is 2. The van der Waals surface area contributed by atoms with Crippen LogP contribution in [0.5, 0.6) is 5.88 Å². The highest BCUT2D eigenvalue weighted by molar-refractivity contribution is 6.06. The minimum absolute atomic E-state index is 0.0713. The van der Waals surface area contributed by atoms with Crippen molar-refractivity contribution in [1.82, 2.24) is 34.8 Å². The van der Waals surface area contributed by atoms with Crippen molar-refractivity contribution < 1.29 is 14.3 Å². The number of amides is 2. The molecule has 12 heteroatoms. The molecule has 0 saturated heterocycles. The van der Waals surface area contributed by atoms with Crippen LogP contribution in [-0.2, 0) is 0 Å². The lowest BCUT2D eigenvalue weighted by Gasteiger charge is -2.14. The van der Waals surface area contributed by atoms with Crippen molar-refractivity contribution in [2.75, 3.05) is 24.7 Å². The molecule has 12 nitrogen and oxygen atoms in total. The monoisotopic (exact) mass is 421 g/mol. The van der Waals surface area contributed by atoms with Crippen molar-refractivity contribution in [1.29, 1.82) is 0 Å². The van der Waals surface area contributed by atoms with Crippen LogP contribution in [0.4, 0.5) is 22.0 Å². The molecular formula is C19H19N9O3. The van der Waals surface area contributed by atoms with Gasteiger partial charge in [-0.2, -0.15) is 4.98 Å². The Hall–Kier alpha value is -4.22. The normalized spacial score (nSPS) is 12.7. The van der Waals surface area contributed by atoms with E-state index < -0.39 is 12.0 Å². The van der Waals surface area contributed by atoms with E-state index in [2.05, 4.69) is 40.5 Å². The molecule has 1 aliphatic rings. The van der Waals surface area contributed by atoms with Crippen molar-refractivity contribution in [3.8, 4) is 5.88 Å². The molecule has 3 aromatic heterocycles. The number of rotatable bonds is 6. The Bertz CT molecular complexity index is 1100. The van der Waals surface area contributed by atoms with Gasteiger partial charge in [-0.1, -0.05) is 0 Å². The first-order valence-corrected chi connectivity index (χ1v) is 9.40. The first kappa shape index (κ1) is 20.1. The van der Waals surface area contributed by atoms with Crippen LogP contribution < -0.4 is 15.4 Å². The number of hydrogen-bond acceptors (Lipinski definition) is 10. The van der Waals surface area contributed by atoms with Crippen LogP contribution in [0.1, 0.15) is 34.9 Å². The molecule has 0 atom stereocenters. The Morgan fingerprint density at radius 1 is 1.03 bits per heavy atom. The average Bonchev–Trinajstić information content (AvgIpc) is 3.61.